The highest BCUT2D eigenvalue weighted by atomic mass is 16.2. The Balaban J connectivity index is 2.01. The highest BCUT2D eigenvalue weighted by Crippen LogP contribution is 2.14. The first-order valence-electron chi connectivity index (χ1n) is 5.64. The Morgan fingerprint density at radius 1 is 1.00 bits per heavy atom. The standard InChI is InChI=1S/C14H15N3O/c1-10-4-2-3-5-13(10)17-14(18)16-12-8-6-11(15)7-9-12/h2-9H,15H2,1H3,(H2,16,17,18). The van der Waals surface area contributed by atoms with Crippen molar-refractivity contribution in [2.24, 2.45) is 0 Å². The second kappa shape index (κ2) is 5.23. The third-order valence-corrected chi connectivity index (χ3v) is 2.56. The van der Waals surface area contributed by atoms with Gasteiger partial charge in [0.25, 0.3) is 0 Å². The fourth-order valence-corrected chi connectivity index (χ4v) is 1.56. The molecule has 18 heavy (non-hydrogen) atoms. The molecule has 0 atom stereocenters. The number of urea groups is 1. The highest BCUT2D eigenvalue weighted by Gasteiger charge is 2.03. The van der Waals surface area contributed by atoms with Crippen molar-refractivity contribution in [1.29, 1.82) is 0 Å². The SMILES string of the molecule is Cc1ccccc1NC(=O)Nc1ccc(N)cc1. The lowest BCUT2D eigenvalue weighted by atomic mass is 10.2. The van der Waals surface area contributed by atoms with Gasteiger partial charge in [0.15, 0.2) is 0 Å². The average molecular weight is 241 g/mol. The molecule has 0 bridgehead atoms. The van der Waals surface area contributed by atoms with Crippen LogP contribution in [0, 0.1) is 6.92 Å². The summed E-state index contributed by atoms with van der Waals surface area (Å²) in [6, 6.07) is 14.3. The Kier molecular flexibility index (Phi) is 3.48. The number of amides is 2. The summed E-state index contributed by atoms with van der Waals surface area (Å²) in [7, 11) is 0. The summed E-state index contributed by atoms with van der Waals surface area (Å²) in [5.74, 6) is 0. The maximum atomic E-state index is 11.8. The number of hydrogen-bond donors (Lipinski definition) is 3. The second-order valence-electron chi connectivity index (χ2n) is 4.02. The maximum Gasteiger partial charge on any atom is 0.323 e. The summed E-state index contributed by atoms with van der Waals surface area (Å²) in [6.07, 6.45) is 0. The molecule has 0 saturated heterocycles. The van der Waals surface area contributed by atoms with E-state index in [0.717, 1.165) is 11.3 Å². The van der Waals surface area contributed by atoms with Crippen LogP contribution in [0.25, 0.3) is 0 Å². The van der Waals surface area contributed by atoms with E-state index in [1.54, 1.807) is 24.3 Å². The van der Waals surface area contributed by atoms with Crippen molar-refractivity contribution in [2.45, 2.75) is 6.92 Å². The molecule has 0 spiro atoms. The number of nitrogens with two attached hydrogens (primary N) is 1. The average Bonchev–Trinajstić information content (AvgIpc) is 2.35. The normalized spacial score (nSPS) is 9.83. The van der Waals surface area contributed by atoms with E-state index in [1.165, 1.54) is 0 Å². The fraction of sp³-hybridized carbons (Fsp3) is 0.0714. The third-order valence-electron chi connectivity index (χ3n) is 2.56. The lowest BCUT2D eigenvalue weighted by Gasteiger charge is -2.09. The zero-order valence-corrected chi connectivity index (χ0v) is 10.1. The van der Waals surface area contributed by atoms with Crippen LogP contribution in [0.5, 0.6) is 0 Å². The van der Waals surface area contributed by atoms with Gasteiger partial charge >= 0.3 is 6.03 Å². The van der Waals surface area contributed by atoms with Crippen LogP contribution in [-0.2, 0) is 0 Å². The number of aryl methyl sites for hydroxylation is 1. The molecule has 0 radical (unpaired) electrons. The number of carbonyl (C=O) groups is 1. The molecule has 0 saturated carbocycles. The summed E-state index contributed by atoms with van der Waals surface area (Å²) >= 11 is 0. The molecule has 0 aromatic heterocycles. The van der Waals surface area contributed by atoms with Gasteiger partial charge in [-0.2, -0.15) is 0 Å². The van der Waals surface area contributed by atoms with Crippen LogP contribution in [0.4, 0.5) is 21.9 Å². The summed E-state index contributed by atoms with van der Waals surface area (Å²) in [5.41, 5.74) is 8.76. The number of rotatable bonds is 2. The predicted octanol–water partition coefficient (Wildman–Crippen LogP) is 3.22. The monoisotopic (exact) mass is 241 g/mol. The van der Waals surface area contributed by atoms with E-state index in [2.05, 4.69) is 10.6 Å². The van der Waals surface area contributed by atoms with Crippen molar-refractivity contribution >= 4 is 23.1 Å². The second-order valence-corrected chi connectivity index (χ2v) is 4.02. The minimum Gasteiger partial charge on any atom is -0.399 e. The summed E-state index contributed by atoms with van der Waals surface area (Å²) in [4.78, 5) is 11.8. The molecule has 2 aromatic carbocycles. The van der Waals surface area contributed by atoms with Crippen molar-refractivity contribution < 1.29 is 4.79 Å². The number of benzene rings is 2. The van der Waals surface area contributed by atoms with Gasteiger partial charge in [0, 0.05) is 17.1 Å². The first kappa shape index (κ1) is 12.0. The zero-order valence-electron chi connectivity index (χ0n) is 10.1. The molecular formula is C14H15N3O. The molecular weight excluding hydrogens is 226 g/mol. The van der Waals surface area contributed by atoms with Gasteiger partial charge in [-0.05, 0) is 42.8 Å². The molecule has 2 rings (SSSR count). The van der Waals surface area contributed by atoms with Crippen molar-refractivity contribution in [2.75, 3.05) is 16.4 Å². The van der Waals surface area contributed by atoms with Crippen LogP contribution in [-0.4, -0.2) is 6.03 Å². The van der Waals surface area contributed by atoms with E-state index < -0.39 is 0 Å². The zero-order chi connectivity index (χ0) is 13.0. The van der Waals surface area contributed by atoms with Crippen molar-refractivity contribution in [3.8, 4) is 0 Å². The minimum absolute atomic E-state index is 0.269. The largest absolute Gasteiger partial charge is 0.399 e. The van der Waals surface area contributed by atoms with E-state index in [0.29, 0.717) is 11.4 Å². The number of para-hydroxylation sites is 1. The highest BCUT2D eigenvalue weighted by molar-refractivity contribution is 6.00. The summed E-state index contributed by atoms with van der Waals surface area (Å²) < 4.78 is 0. The maximum absolute atomic E-state index is 11.8. The van der Waals surface area contributed by atoms with Crippen LogP contribution in [0.1, 0.15) is 5.56 Å². The van der Waals surface area contributed by atoms with E-state index in [-0.39, 0.29) is 6.03 Å². The Morgan fingerprint density at radius 2 is 1.67 bits per heavy atom. The van der Waals surface area contributed by atoms with Gasteiger partial charge in [-0.3, -0.25) is 0 Å². The number of hydrogen-bond acceptors (Lipinski definition) is 2. The molecule has 0 unspecified atom stereocenters. The molecule has 0 aliphatic heterocycles. The first-order chi connectivity index (χ1) is 8.65. The van der Waals surface area contributed by atoms with E-state index >= 15 is 0 Å². The molecule has 0 fully saturated rings. The van der Waals surface area contributed by atoms with Gasteiger partial charge in [-0.15, -0.1) is 0 Å². The van der Waals surface area contributed by atoms with Crippen LogP contribution in [0.15, 0.2) is 48.5 Å². The predicted molar refractivity (Wildman–Crippen MR) is 74.7 cm³/mol. The third kappa shape index (κ3) is 3.01. The van der Waals surface area contributed by atoms with Gasteiger partial charge in [-0.1, -0.05) is 18.2 Å². The molecule has 2 amide bonds. The van der Waals surface area contributed by atoms with E-state index in [9.17, 15) is 4.79 Å². The molecule has 92 valence electrons. The molecule has 4 N–H and O–H groups in total. The van der Waals surface area contributed by atoms with Gasteiger partial charge < -0.3 is 16.4 Å². The summed E-state index contributed by atoms with van der Waals surface area (Å²) in [5, 5.41) is 5.53. The number of nitrogens with one attached hydrogen (secondary N) is 2. The molecule has 4 heteroatoms. The van der Waals surface area contributed by atoms with Gasteiger partial charge in [0.1, 0.15) is 0 Å². The fourth-order valence-electron chi connectivity index (χ4n) is 1.56. The molecule has 0 aliphatic rings. The van der Waals surface area contributed by atoms with Crippen molar-refractivity contribution in [1.82, 2.24) is 0 Å². The number of anilines is 3. The van der Waals surface area contributed by atoms with Crippen molar-refractivity contribution in [3.63, 3.8) is 0 Å². The van der Waals surface area contributed by atoms with E-state index in [1.807, 2.05) is 31.2 Å². The number of nitrogen functional groups attached to an aromatic ring is 1. The molecule has 0 heterocycles. The van der Waals surface area contributed by atoms with E-state index in [4.69, 9.17) is 5.73 Å². The van der Waals surface area contributed by atoms with Gasteiger partial charge in [0.05, 0.1) is 0 Å². The van der Waals surface area contributed by atoms with Crippen LogP contribution in [0.2, 0.25) is 0 Å². The lowest BCUT2D eigenvalue weighted by molar-refractivity contribution is 0.262. The summed E-state index contributed by atoms with van der Waals surface area (Å²) in [6.45, 7) is 1.94. The van der Waals surface area contributed by atoms with Crippen LogP contribution >= 0.6 is 0 Å². The Morgan fingerprint density at radius 3 is 2.33 bits per heavy atom. The van der Waals surface area contributed by atoms with Crippen molar-refractivity contribution in [3.05, 3.63) is 54.1 Å². The first-order valence-corrected chi connectivity index (χ1v) is 5.64. The van der Waals surface area contributed by atoms with Crippen LogP contribution < -0.4 is 16.4 Å². The van der Waals surface area contributed by atoms with Gasteiger partial charge in [0.2, 0.25) is 0 Å². The quantitative estimate of drug-likeness (QED) is 0.707. The van der Waals surface area contributed by atoms with Crippen LogP contribution in [0.3, 0.4) is 0 Å². The minimum atomic E-state index is -0.269. The molecule has 2 aromatic rings. The Labute approximate surface area is 106 Å². The molecule has 0 aliphatic carbocycles. The Hall–Kier alpha value is -2.49. The van der Waals surface area contributed by atoms with Gasteiger partial charge in [-0.25, -0.2) is 4.79 Å². The smallest absolute Gasteiger partial charge is 0.323 e. The molecule has 4 nitrogen and oxygen atoms in total. The number of carbonyl (C=O) groups excluding carboxylic acids is 1. The Bertz CT molecular complexity index is 549. The lowest BCUT2D eigenvalue weighted by Crippen LogP contribution is -2.19. The topological polar surface area (TPSA) is 67.2 Å².